The van der Waals surface area contributed by atoms with Gasteiger partial charge >= 0.3 is 5.97 Å². The van der Waals surface area contributed by atoms with Crippen LogP contribution in [0.1, 0.15) is 54.1 Å². The van der Waals surface area contributed by atoms with Crippen LogP contribution in [0.5, 0.6) is 5.75 Å². The van der Waals surface area contributed by atoms with E-state index in [0.717, 1.165) is 73.5 Å². The summed E-state index contributed by atoms with van der Waals surface area (Å²) >= 11 is 0. The second-order valence-electron chi connectivity index (χ2n) is 9.87. The number of hydrogen-bond acceptors (Lipinski definition) is 5. The maximum Gasteiger partial charge on any atom is 0.343 e. The quantitative estimate of drug-likeness (QED) is 0.479. The fourth-order valence-corrected chi connectivity index (χ4v) is 5.59. The van der Waals surface area contributed by atoms with Crippen molar-refractivity contribution in [3.63, 3.8) is 0 Å². The largest absolute Gasteiger partial charge is 0.487 e. The van der Waals surface area contributed by atoms with E-state index < -0.39 is 5.97 Å². The van der Waals surface area contributed by atoms with Crippen LogP contribution in [-0.2, 0) is 23.3 Å². The van der Waals surface area contributed by atoms with Gasteiger partial charge < -0.3 is 18.9 Å². The molecule has 1 spiro atoms. The lowest BCUT2D eigenvalue weighted by Crippen LogP contribution is -2.46. The van der Waals surface area contributed by atoms with Gasteiger partial charge in [-0.2, -0.15) is 0 Å². The summed E-state index contributed by atoms with van der Waals surface area (Å²) in [5.41, 5.74) is 5.10. The topological polar surface area (TPSA) is 60.8 Å². The second kappa shape index (κ2) is 8.59. The molecule has 0 radical (unpaired) electrons. The van der Waals surface area contributed by atoms with Gasteiger partial charge in [0.25, 0.3) is 0 Å². The molecule has 1 saturated carbocycles. The first-order valence-corrected chi connectivity index (χ1v) is 12.6. The van der Waals surface area contributed by atoms with E-state index in [-0.39, 0.29) is 23.1 Å². The van der Waals surface area contributed by atoms with Crippen molar-refractivity contribution in [1.82, 2.24) is 4.57 Å². The lowest BCUT2D eigenvalue weighted by atomic mass is 9.69. The van der Waals surface area contributed by atoms with E-state index >= 15 is 0 Å². The summed E-state index contributed by atoms with van der Waals surface area (Å²) in [6.45, 7) is 4.52. The van der Waals surface area contributed by atoms with E-state index in [1.54, 1.807) is 19.2 Å². The van der Waals surface area contributed by atoms with E-state index in [4.69, 9.17) is 9.47 Å². The molecule has 0 unspecified atom stereocenters. The van der Waals surface area contributed by atoms with Gasteiger partial charge in [0.2, 0.25) is 0 Å². The van der Waals surface area contributed by atoms with Gasteiger partial charge in [0.05, 0.1) is 18.0 Å². The van der Waals surface area contributed by atoms with Crippen LogP contribution in [0, 0.1) is 0 Å². The van der Waals surface area contributed by atoms with Crippen LogP contribution in [0.15, 0.2) is 59.5 Å². The fourth-order valence-electron chi connectivity index (χ4n) is 5.59. The number of rotatable bonds is 6. The first-order chi connectivity index (χ1) is 17.1. The predicted molar refractivity (Wildman–Crippen MR) is 135 cm³/mol. The summed E-state index contributed by atoms with van der Waals surface area (Å²) in [5.74, 6) is 0.361. The Hall–Kier alpha value is -3.54. The molecule has 2 aromatic carbocycles. The van der Waals surface area contributed by atoms with Crippen LogP contribution in [0.2, 0.25) is 0 Å². The molecule has 6 nitrogen and oxygen atoms in total. The van der Waals surface area contributed by atoms with Gasteiger partial charge in [-0.1, -0.05) is 30.3 Å². The highest BCUT2D eigenvalue weighted by Gasteiger charge is 2.44. The van der Waals surface area contributed by atoms with Crippen LogP contribution in [0.3, 0.4) is 0 Å². The Morgan fingerprint density at radius 1 is 1.06 bits per heavy atom. The standard InChI is InChI=1S/C29H30N2O4/c1-2-34-28(33)23-18-31-24(16-26(23)32)22-15-25(30-12-7-13-30)27(35-19-20-8-4-3-5-9-20)14-21(22)17-29(31)10-6-11-29/h3-5,8-9,14-16,18H,2,6-7,10-13,17,19H2,1H3. The maximum atomic E-state index is 13.0. The molecule has 2 aliphatic heterocycles. The van der Waals surface area contributed by atoms with Crippen molar-refractivity contribution in [1.29, 1.82) is 0 Å². The molecule has 6 rings (SSSR count). The summed E-state index contributed by atoms with van der Waals surface area (Å²) < 4.78 is 13.7. The number of aromatic nitrogens is 1. The third-order valence-electron chi connectivity index (χ3n) is 7.76. The highest BCUT2D eigenvalue weighted by Crippen LogP contribution is 2.51. The van der Waals surface area contributed by atoms with Crippen molar-refractivity contribution in [2.75, 3.05) is 24.6 Å². The molecule has 3 aromatic rings. The minimum absolute atomic E-state index is 0.105. The minimum atomic E-state index is -0.543. The molecular weight excluding hydrogens is 440 g/mol. The molecule has 1 aromatic heterocycles. The Kier molecular flexibility index (Phi) is 5.39. The van der Waals surface area contributed by atoms with Crippen molar-refractivity contribution in [2.24, 2.45) is 0 Å². The van der Waals surface area contributed by atoms with Gasteiger partial charge in [-0.3, -0.25) is 4.79 Å². The molecule has 0 bridgehead atoms. The van der Waals surface area contributed by atoms with Crippen LogP contribution in [0.25, 0.3) is 11.3 Å². The zero-order valence-electron chi connectivity index (χ0n) is 20.1. The molecular formula is C29H30N2O4. The predicted octanol–water partition coefficient (Wildman–Crippen LogP) is 4.92. The van der Waals surface area contributed by atoms with Crippen LogP contribution in [0.4, 0.5) is 5.69 Å². The van der Waals surface area contributed by atoms with E-state index in [1.807, 2.05) is 18.2 Å². The summed E-state index contributed by atoms with van der Waals surface area (Å²) in [4.78, 5) is 27.8. The molecule has 1 saturated heterocycles. The Bertz CT molecular complexity index is 1340. The Labute approximate surface area is 205 Å². The molecule has 0 atom stereocenters. The maximum absolute atomic E-state index is 13.0. The fraction of sp³-hybridized carbons (Fsp3) is 0.379. The zero-order chi connectivity index (χ0) is 24.0. The lowest BCUT2D eigenvalue weighted by molar-refractivity contribution is 0.0521. The van der Waals surface area contributed by atoms with Gasteiger partial charge in [-0.25, -0.2) is 4.79 Å². The summed E-state index contributed by atoms with van der Waals surface area (Å²) in [6.07, 6.45) is 6.97. The van der Waals surface area contributed by atoms with E-state index in [9.17, 15) is 9.59 Å². The third kappa shape index (κ3) is 3.72. The number of carbonyl (C=O) groups is 1. The van der Waals surface area contributed by atoms with Crippen molar-refractivity contribution in [3.8, 4) is 17.0 Å². The molecule has 0 N–H and O–H groups in total. The Balaban J connectivity index is 1.45. The van der Waals surface area contributed by atoms with Crippen molar-refractivity contribution in [3.05, 3.63) is 81.6 Å². The first kappa shape index (κ1) is 22.0. The van der Waals surface area contributed by atoms with E-state index in [2.05, 4.69) is 33.7 Å². The number of pyridine rings is 1. The van der Waals surface area contributed by atoms with Gasteiger partial charge in [0, 0.05) is 36.5 Å². The molecule has 0 amide bonds. The highest BCUT2D eigenvalue weighted by molar-refractivity contribution is 5.89. The number of benzene rings is 2. The summed E-state index contributed by atoms with van der Waals surface area (Å²) in [7, 11) is 0. The summed E-state index contributed by atoms with van der Waals surface area (Å²) in [6, 6.07) is 16.2. The number of nitrogens with zero attached hydrogens (tertiary/aromatic N) is 2. The molecule has 1 aliphatic carbocycles. The van der Waals surface area contributed by atoms with Crippen molar-refractivity contribution >= 4 is 11.7 Å². The molecule has 2 fully saturated rings. The van der Waals surface area contributed by atoms with Gasteiger partial charge in [-0.05, 0) is 62.3 Å². The van der Waals surface area contributed by atoms with Gasteiger partial charge in [0.1, 0.15) is 17.9 Å². The number of fused-ring (bicyclic) bond motifs is 4. The number of carbonyl (C=O) groups excluding carboxylic acids is 1. The minimum Gasteiger partial charge on any atom is -0.487 e. The van der Waals surface area contributed by atoms with Crippen LogP contribution >= 0.6 is 0 Å². The Morgan fingerprint density at radius 3 is 2.51 bits per heavy atom. The van der Waals surface area contributed by atoms with E-state index in [1.165, 1.54) is 5.56 Å². The second-order valence-corrected chi connectivity index (χ2v) is 9.87. The average Bonchev–Trinajstić information content (AvgIpc) is 2.80. The van der Waals surface area contributed by atoms with Crippen molar-refractivity contribution in [2.45, 2.75) is 51.2 Å². The average molecular weight is 471 g/mol. The van der Waals surface area contributed by atoms with Gasteiger partial charge in [-0.15, -0.1) is 0 Å². The normalized spacial score (nSPS) is 17.1. The number of esters is 1. The third-order valence-corrected chi connectivity index (χ3v) is 7.76. The molecule has 35 heavy (non-hydrogen) atoms. The molecule has 3 aliphatic rings. The zero-order valence-corrected chi connectivity index (χ0v) is 20.1. The van der Waals surface area contributed by atoms with E-state index in [0.29, 0.717) is 6.61 Å². The highest BCUT2D eigenvalue weighted by atomic mass is 16.5. The monoisotopic (exact) mass is 470 g/mol. The molecule has 180 valence electrons. The summed E-state index contributed by atoms with van der Waals surface area (Å²) in [5, 5.41) is 0. The van der Waals surface area contributed by atoms with Gasteiger partial charge in [0.15, 0.2) is 5.43 Å². The number of ether oxygens (including phenoxy) is 2. The lowest BCUT2D eigenvalue weighted by Gasteiger charge is -2.49. The number of anilines is 1. The van der Waals surface area contributed by atoms with Crippen molar-refractivity contribution < 1.29 is 14.3 Å². The Morgan fingerprint density at radius 2 is 1.86 bits per heavy atom. The SMILES string of the molecule is CCOC(=O)c1cn2c(cc1=O)-c1cc(N3CCC3)c(OCc3ccccc3)cc1CC21CCC1. The van der Waals surface area contributed by atoms with Crippen LogP contribution in [-0.4, -0.2) is 30.2 Å². The smallest absolute Gasteiger partial charge is 0.343 e. The van der Waals surface area contributed by atoms with Crippen LogP contribution < -0.4 is 15.1 Å². The first-order valence-electron chi connectivity index (χ1n) is 12.6. The molecule has 6 heteroatoms. The number of hydrogen-bond donors (Lipinski definition) is 0. The molecule has 3 heterocycles.